The van der Waals surface area contributed by atoms with E-state index in [0.29, 0.717) is 0 Å². The summed E-state index contributed by atoms with van der Waals surface area (Å²) in [6, 6.07) is 8.36. The molecule has 0 N–H and O–H groups in total. The highest BCUT2D eigenvalue weighted by molar-refractivity contribution is 6.33. The molecule has 0 bridgehead atoms. The molecule has 1 heterocycles. The van der Waals surface area contributed by atoms with E-state index in [4.69, 9.17) is 16.3 Å². The lowest BCUT2D eigenvalue weighted by molar-refractivity contribution is -0.384. The van der Waals surface area contributed by atoms with Crippen LogP contribution in [0, 0.1) is 15.9 Å². The first-order valence-electron chi connectivity index (χ1n) is 9.98. The summed E-state index contributed by atoms with van der Waals surface area (Å²) in [5.74, 6) is -1.62. The third kappa shape index (κ3) is 4.99. The monoisotopic (exact) mass is 463 g/mol. The van der Waals surface area contributed by atoms with Crippen LogP contribution in [0.15, 0.2) is 36.4 Å². The van der Waals surface area contributed by atoms with Crippen LogP contribution in [0.2, 0.25) is 5.02 Å². The van der Waals surface area contributed by atoms with Crippen molar-refractivity contribution in [1.82, 2.24) is 9.80 Å². The fourth-order valence-electron chi connectivity index (χ4n) is 3.39. The minimum Gasteiger partial charge on any atom is -0.444 e. The number of hydrogen-bond donors (Lipinski definition) is 0. The predicted octanol–water partition coefficient (Wildman–Crippen LogP) is 4.75. The fraction of sp³-hybridized carbons (Fsp3) is 0.364. The van der Waals surface area contributed by atoms with Gasteiger partial charge in [-0.3, -0.25) is 14.9 Å². The number of piperazine rings is 1. The van der Waals surface area contributed by atoms with Gasteiger partial charge in [0.2, 0.25) is 0 Å². The molecular weight excluding hydrogens is 441 g/mol. The molecule has 10 heteroatoms. The summed E-state index contributed by atoms with van der Waals surface area (Å²) in [4.78, 5) is 38.9. The fourth-order valence-corrected chi connectivity index (χ4v) is 3.62. The van der Waals surface area contributed by atoms with Crippen molar-refractivity contribution in [3.05, 3.63) is 62.9 Å². The number of amides is 2. The van der Waals surface area contributed by atoms with E-state index in [2.05, 4.69) is 0 Å². The zero-order valence-corrected chi connectivity index (χ0v) is 18.7. The summed E-state index contributed by atoms with van der Waals surface area (Å²) in [6.45, 7) is 6.10. The first-order valence-corrected chi connectivity index (χ1v) is 10.4. The maximum atomic E-state index is 15.5. The van der Waals surface area contributed by atoms with E-state index in [9.17, 15) is 19.7 Å². The Morgan fingerprint density at radius 2 is 1.66 bits per heavy atom. The molecule has 0 radical (unpaired) electrons. The summed E-state index contributed by atoms with van der Waals surface area (Å²) in [5.41, 5.74) is -1.62. The Bertz CT molecular complexity index is 1060. The third-order valence-electron chi connectivity index (χ3n) is 4.91. The maximum Gasteiger partial charge on any atom is 0.410 e. The van der Waals surface area contributed by atoms with Crippen molar-refractivity contribution in [2.75, 3.05) is 26.2 Å². The number of carbonyl (C=O) groups excluding carboxylic acids is 2. The summed E-state index contributed by atoms with van der Waals surface area (Å²) in [7, 11) is 0. The molecule has 1 saturated heterocycles. The lowest BCUT2D eigenvalue weighted by atomic mass is 9.99. The molecule has 2 amide bonds. The van der Waals surface area contributed by atoms with Crippen molar-refractivity contribution in [3.8, 4) is 11.1 Å². The molecule has 170 valence electrons. The highest BCUT2D eigenvalue weighted by atomic mass is 35.5. The average molecular weight is 464 g/mol. The standard InChI is InChI=1S/C22H23ClFN3O5/c1-22(2,3)32-21(29)26-12-10-25(11-13-26)20(28)15-8-9-17(27(30)31)18(19(15)24)14-6-4-5-7-16(14)23/h4-9H,10-13H2,1-3H3. The maximum absolute atomic E-state index is 15.5. The largest absolute Gasteiger partial charge is 0.444 e. The molecule has 0 unspecified atom stereocenters. The third-order valence-corrected chi connectivity index (χ3v) is 5.24. The topological polar surface area (TPSA) is 93.0 Å². The zero-order chi connectivity index (χ0) is 23.6. The van der Waals surface area contributed by atoms with E-state index in [0.717, 1.165) is 12.1 Å². The number of rotatable bonds is 3. The van der Waals surface area contributed by atoms with Gasteiger partial charge in [-0.1, -0.05) is 29.8 Å². The van der Waals surface area contributed by atoms with E-state index >= 15 is 4.39 Å². The van der Waals surface area contributed by atoms with Crippen molar-refractivity contribution < 1.29 is 23.6 Å². The Morgan fingerprint density at radius 3 is 2.22 bits per heavy atom. The summed E-state index contributed by atoms with van der Waals surface area (Å²) < 4.78 is 20.8. The summed E-state index contributed by atoms with van der Waals surface area (Å²) in [6.07, 6.45) is -0.480. The van der Waals surface area contributed by atoms with E-state index < -0.39 is 34.0 Å². The normalized spacial score (nSPS) is 14.3. The van der Waals surface area contributed by atoms with Gasteiger partial charge in [0.25, 0.3) is 11.6 Å². The van der Waals surface area contributed by atoms with E-state index in [1.54, 1.807) is 32.9 Å². The molecule has 0 spiro atoms. The Hall–Kier alpha value is -3.20. The summed E-state index contributed by atoms with van der Waals surface area (Å²) in [5, 5.41) is 11.6. The number of nitro groups is 1. The van der Waals surface area contributed by atoms with Gasteiger partial charge in [0.1, 0.15) is 5.60 Å². The summed E-state index contributed by atoms with van der Waals surface area (Å²) >= 11 is 6.15. The van der Waals surface area contributed by atoms with Gasteiger partial charge in [0.15, 0.2) is 5.82 Å². The molecule has 32 heavy (non-hydrogen) atoms. The molecule has 0 saturated carbocycles. The quantitative estimate of drug-likeness (QED) is 0.484. The molecular formula is C22H23ClFN3O5. The van der Waals surface area contributed by atoms with Crippen molar-refractivity contribution in [2.24, 2.45) is 0 Å². The molecule has 1 aliphatic rings. The first kappa shape index (κ1) is 23.5. The Kier molecular flexibility index (Phi) is 6.68. The number of ether oxygens (including phenoxy) is 1. The molecule has 8 nitrogen and oxygen atoms in total. The second-order valence-electron chi connectivity index (χ2n) is 8.32. The van der Waals surface area contributed by atoms with Crippen LogP contribution in [0.3, 0.4) is 0 Å². The molecule has 1 fully saturated rings. The van der Waals surface area contributed by atoms with Crippen LogP contribution >= 0.6 is 11.6 Å². The van der Waals surface area contributed by atoms with Gasteiger partial charge in [-0.15, -0.1) is 0 Å². The Balaban J connectivity index is 1.86. The van der Waals surface area contributed by atoms with Gasteiger partial charge in [0.05, 0.1) is 16.1 Å². The molecule has 0 aliphatic carbocycles. The lowest BCUT2D eigenvalue weighted by Crippen LogP contribution is -2.51. The Morgan fingerprint density at radius 1 is 1.06 bits per heavy atom. The minimum atomic E-state index is -1.01. The minimum absolute atomic E-state index is 0.128. The van der Waals surface area contributed by atoms with Crippen LogP contribution in [0.25, 0.3) is 11.1 Å². The molecule has 1 aliphatic heterocycles. The first-order chi connectivity index (χ1) is 15.0. The van der Waals surface area contributed by atoms with Crippen LogP contribution < -0.4 is 0 Å². The van der Waals surface area contributed by atoms with E-state index in [-0.39, 0.29) is 47.9 Å². The molecule has 2 aromatic carbocycles. The van der Waals surface area contributed by atoms with Crippen LogP contribution in [0.1, 0.15) is 31.1 Å². The number of halogens is 2. The van der Waals surface area contributed by atoms with Crippen LogP contribution in [0.4, 0.5) is 14.9 Å². The second-order valence-corrected chi connectivity index (χ2v) is 8.72. The SMILES string of the molecule is CC(C)(C)OC(=O)N1CCN(C(=O)c2ccc([N+](=O)[O-])c(-c3ccccc3Cl)c2F)CC1. The number of hydrogen-bond acceptors (Lipinski definition) is 5. The zero-order valence-electron chi connectivity index (χ0n) is 17.9. The highest BCUT2D eigenvalue weighted by Crippen LogP contribution is 2.38. The van der Waals surface area contributed by atoms with E-state index in [1.807, 2.05) is 0 Å². The average Bonchev–Trinajstić information content (AvgIpc) is 2.72. The number of nitrogens with zero attached hydrogens (tertiary/aromatic N) is 3. The number of benzene rings is 2. The Labute approximate surface area is 189 Å². The van der Waals surface area contributed by atoms with Crippen molar-refractivity contribution in [2.45, 2.75) is 26.4 Å². The van der Waals surface area contributed by atoms with Crippen LogP contribution in [0.5, 0.6) is 0 Å². The van der Waals surface area contributed by atoms with Gasteiger partial charge in [-0.05, 0) is 32.9 Å². The number of carbonyl (C=O) groups is 2. The van der Waals surface area contributed by atoms with Crippen molar-refractivity contribution in [3.63, 3.8) is 0 Å². The van der Waals surface area contributed by atoms with Crippen molar-refractivity contribution in [1.29, 1.82) is 0 Å². The van der Waals surface area contributed by atoms with Gasteiger partial charge < -0.3 is 14.5 Å². The van der Waals surface area contributed by atoms with Gasteiger partial charge >= 0.3 is 6.09 Å². The van der Waals surface area contributed by atoms with Crippen LogP contribution in [-0.4, -0.2) is 58.5 Å². The van der Waals surface area contributed by atoms with E-state index in [1.165, 1.54) is 21.9 Å². The smallest absolute Gasteiger partial charge is 0.410 e. The van der Waals surface area contributed by atoms with Crippen molar-refractivity contribution >= 4 is 29.3 Å². The van der Waals surface area contributed by atoms with Gasteiger partial charge in [-0.25, -0.2) is 9.18 Å². The number of nitro benzene ring substituents is 1. The molecule has 0 aromatic heterocycles. The lowest BCUT2D eigenvalue weighted by Gasteiger charge is -2.35. The predicted molar refractivity (Wildman–Crippen MR) is 117 cm³/mol. The molecule has 0 atom stereocenters. The molecule has 3 rings (SSSR count). The second kappa shape index (κ2) is 9.12. The van der Waals surface area contributed by atoms with Gasteiger partial charge in [0, 0.05) is 42.8 Å². The molecule has 2 aromatic rings. The van der Waals surface area contributed by atoms with Gasteiger partial charge in [-0.2, -0.15) is 0 Å². The van der Waals surface area contributed by atoms with Crippen LogP contribution in [-0.2, 0) is 4.74 Å². The highest BCUT2D eigenvalue weighted by Gasteiger charge is 2.32.